The normalized spacial score (nSPS) is 22.9. The number of aryl methyl sites for hydroxylation is 1. The molecule has 1 aromatic carbocycles. The molecule has 0 bridgehead atoms. The molecule has 0 aliphatic carbocycles. The molecule has 1 heterocycles. The van der Waals surface area contributed by atoms with E-state index < -0.39 is 30.3 Å². The van der Waals surface area contributed by atoms with Gasteiger partial charge in [-0.05, 0) is 6.92 Å². The van der Waals surface area contributed by atoms with Crippen LogP contribution in [0.1, 0.15) is 11.1 Å². The topological polar surface area (TPSA) is 105 Å². The van der Waals surface area contributed by atoms with Crippen LogP contribution in [0, 0.1) is 6.92 Å². The molecule has 20 heavy (non-hydrogen) atoms. The van der Waals surface area contributed by atoms with Gasteiger partial charge in [-0.25, -0.2) is 0 Å². The smallest absolute Gasteiger partial charge is 0.125 e. The fourth-order valence-electron chi connectivity index (χ4n) is 1.78. The van der Waals surface area contributed by atoms with E-state index in [-0.39, 0.29) is 0 Å². The Morgan fingerprint density at radius 1 is 1.25 bits per heavy atom. The number of hydrazone groups is 1. The minimum absolute atomic E-state index is 0.567. The minimum atomic E-state index is -1.43. The Kier molecular flexibility index (Phi) is 5.00. The van der Waals surface area contributed by atoms with Crippen molar-refractivity contribution in [2.75, 3.05) is 6.61 Å². The van der Waals surface area contributed by atoms with Crippen molar-refractivity contribution in [1.29, 1.82) is 0 Å². The van der Waals surface area contributed by atoms with Crippen molar-refractivity contribution in [3.8, 4) is 0 Å². The maximum Gasteiger partial charge on any atom is 0.125 e. The van der Waals surface area contributed by atoms with E-state index in [9.17, 15) is 15.3 Å². The largest absolute Gasteiger partial charge is 0.394 e. The van der Waals surface area contributed by atoms with E-state index in [1.807, 2.05) is 31.2 Å². The lowest BCUT2D eigenvalue weighted by molar-refractivity contribution is -0.0779. The summed E-state index contributed by atoms with van der Waals surface area (Å²) < 4.78 is 0. The van der Waals surface area contributed by atoms with Gasteiger partial charge < -0.3 is 20.4 Å². The number of hydrogen-bond donors (Lipinski definition) is 5. The van der Waals surface area contributed by atoms with Gasteiger partial charge in [0.25, 0.3) is 0 Å². The number of benzene rings is 1. The second-order valence-electron chi connectivity index (χ2n) is 4.68. The first-order chi connectivity index (χ1) is 9.52. The van der Waals surface area contributed by atoms with Crippen LogP contribution in [0.4, 0.5) is 0 Å². The van der Waals surface area contributed by atoms with Gasteiger partial charge in [-0.3, -0.25) is 5.43 Å². The molecule has 1 aliphatic rings. The van der Waals surface area contributed by atoms with Gasteiger partial charge >= 0.3 is 0 Å². The van der Waals surface area contributed by atoms with Crippen LogP contribution in [0.15, 0.2) is 29.4 Å². The van der Waals surface area contributed by atoms with Crippen LogP contribution in [0.2, 0.25) is 0 Å². The molecule has 4 atom stereocenters. The summed E-state index contributed by atoms with van der Waals surface area (Å²) in [7, 11) is 0. The molecule has 6 nitrogen and oxygen atoms in total. The van der Waals surface area contributed by atoms with Gasteiger partial charge in [-0.15, -0.1) is 0 Å². The highest BCUT2D eigenvalue weighted by Gasteiger charge is 2.35. The molecule has 0 saturated heterocycles. The predicted octanol–water partition coefficient (Wildman–Crippen LogP) is -0.606. The van der Waals surface area contributed by atoms with Crippen LogP contribution in [0.3, 0.4) is 0 Å². The lowest BCUT2D eigenvalue weighted by Crippen LogP contribution is -2.47. The van der Waals surface area contributed by atoms with Gasteiger partial charge in [-0.2, -0.15) is 5.10 Å². The third-order valence-electron chi connectivity index (χ3n) is 3.07. The monoisotopic (exact) mass is 298 g/mol. The van der Waals surface area contributed by atoms with E-state index in [4.69, 9.17) is 5.11 Å². The summed E-state index contributed by atoms with van der Waals surface area (Å²) in [4.78, 5) is 0. The van der Waals surface area contributed by atoms with Crippen LogP contribution in [-0.2, 0) is 0 Å². The Bertz CT molecular complexity index is 480. The highest BCUT2D eigenvalue weighted by Crippen LogP contribution is 2.26. The predicted molar refractivity (Wildman–Crippen MR) is 77.3 cm³/mol. The van der Waals surface area contributed by atoms with Gasteiger partial charge in [0.05, 0.1) is 6.61 Å². The maximum atomic E-state index is 9.95. The molecule has 0 saturated carbocycles. The molecule has 0 unspecified atom stereocenters. The van der Waals surface area contributed by atoms with Crippen molar-refractivity contribution in [2.45, 2.75) is 30.6 Å². The Morgan fingerprint density at radius 2 is 1.90 bits per heavy atom. The molecule has 0 amide bonds. The summed E-state index contributed by atoms with van der Waals surface area (Å²) >= 11 is 1.27. The third kappa shape index (κ3) is 3.31. The van der Waals surface area contributed by atoms with Crippen molar-refractivity contribution in [3.05, 3.63) is 35.4 Å². The molecular weight excluding hydrogens is 280 g/mol. The highest BCUT2D eigenvalue weighted by molar-refractivity contribution is 8.15. The van der Waals surface area contributed by atoms with Gasteiger partial charge in [0, 0.05) is 5.56 Å². The zero-order chi connectivity index (χ0) is 14.7. The van der Waals surface area contributed by atoms with Crippen LogP contribution in [0.5, 0.6) is 0 Å². The molecule has 0 fully saturated rings. The number of aliphatic hydroxyl groups excluding tert-OH is 4. The Morgan fingerprint density at radius 3 is 2.50 bits per heavy atom. The van der Waals surface area contributed by atoms with E-state index in [1.54, 1.807) is 0 Å². The summed E-state index contributed by atoms with van der Waals surface area (Å²) in [5, 5.41) is 42.0. The Hall–Kier alpha value is -1.12. The summed E-state index contributed by atoms with van der Waals surface area (Å²) in [5.41, 5.74) is 4.79. The van der Waals surface area contributed by atoms with Gasteiger partial charge in [0.15, 0.2) is 0 Å². The molecule has 1 aliphatic heterocycles. The first kappa shape index (κ1) is 15.3. The van der Waals surface area contributed by atoms with Gasteiger partial charge in [0.1, 0.15) is 28.7 Å². The van der Waals surface area contributed by atoms with Gasteiger partial charge in [0.2, 0.25) is 0 Å². The molecule has 7 heteroatoms. The number of rotatable bonds is 5. The number of thioether (sulfide) groups is 1. The molecule has 0 radical (unpaired) electrons. The Labute approximate surface area is 121 Å². The quantitative estimate of drug-likeness (QED) is 0.497. The number of nitrogens with zero attached hydrogens (tertiary/aromatic N) is 1. The van der Waals surface area contributed by atoms with Crippen LogP contribution < -0.4 is 5.43 Å². The second-order valence-corrected chi connectivity index (χ2v) is 5.81. The average Bonchev–Trinajstić information content (AvgIpc) is 2.95. The molecule has 1 aromatic rings. The van der Waals surface area contributed by atoms with E-state index in [0.717, 1.165) is 11.1 Å². The number of hydrogen-bond acceptors (Lipinski definition) is 7. The fraction of sp³-hybridized carbons (Fsp3) is 0.462. The Balaban J connectivity index is 1.99. The van der Waals surface area contributed by atoms with Crippen molar-refractivity contribution < 1.29 is 20.4 Å². The SMILES string of the molecule is Cc1ccc(C2=NN[C@H]([C@H](O)[C@H](O)[C@@H](O)CO)S2)cc1. The molecule has 0 spiro atoms. The third-order valence-corrected chi connectivity index (χ3v) is 4.26. The second kappa shape index (κ2) is 6.55. The summed E-state index contributed by atoms with van der Waals surface area (Å²) in [5.74, 6) is 0. The standard InChI is InChI=1S/C13H18N2O4S/c1-7-2-4-8(5-3-7)12-14-15-13(20-12)11(19)10(18)9(17)6-16/h2-5,9-11,13,15-19H,6H2,1H3/t9-,10+,11+,13-/m0/s1. The summed E-state index contributed by atoms with van der Waals surface area (Å²) in [6, 6.07) is 7.78. The first-order valence-corrected chi connectivity index (χ1v) is 7.13. The minimum Gasteiger partial charge on any atom is -0.394 e. The van der Waals surface area contributed by atoms with Crippen molar-refractivity contribution >= 4 is 16.8 Å². The zero-order valence-electron chi connectivity index (χ0n) is 11.0. The van der Waals surface area contributed by atoms with Gasteiger partial charge in [-0.1, -0.05) is 41.6 Å². The zero-order valence-corrected chi connectivity index (χ0v) is 11.8. The summed E-state index contributed by atoms with van der Waals surface area (Å²) in [6.07, 6.45) is -4.05. The van der Waals surface area contributed by atoms with Crippen LogP contribution in [0.25, 0.3) is 0 Å². The van der Waals surface area contributed by atoms with Crippen molar-refractivity contribution in [3.63, 3.8) is 0 Å². The van der Waals surface area contributed by atoms with Crippen LogP contribution in [-0.4, -0.2) is 55.8 Å². The fourth-order valence-corrected chi connectivity index (χ4v) is 2.81. The first-order valence-electron chi connectivity index (χ1n) is 6.25. The summed E-state index contributed by atoms with van der Waals surface area (Å²) in [6.45, 7) is 1.38. The maximum absolute atomic E-state index is 9.95. The van der Waals surface area contributed by atoms with Crippen molar-refractivity contribution in [2.24, 2.45) is 5.10 Å². The average molecular weight is 298 g/mol. The van der Waals surface area contributed by atoms with E-state index in [2.05, 4.69) is 10.5 Å². The molecule has 0 aromatic heterocycles. The van der Waals surface area contributed by atoms with Crippen molar-refractivity contribution in [1.82, 2.24) is 5.43 Å². The van der Waals surface area contributed by atoms with Crippen LogP contribution >= 0.6 is 11.8 Å². The molecular formula is C13H18N2O4S. The molecule has 2 rings (SSSR count). The molecule has 110 valence electrons. The molecule has 5 N–H and O–H groups in total. The lowest BCUT2D eigenvalue weighted by Gasteiger charge is -2.25. The lowest BCUT2D eigenvalue weighted by atomic mass is 10.1. The number of aliphatic hydroxyl groups is 4. The van der Waals surface area contributed by atoms with E-state index in [0.29, 0.717) is 5.04 Å². The highest BCUT2D eigenvalue weighted by atomic mass is 32.2. The van der Waals surface area contributed by atoms with E-state index in [1.165, 1.54) is 11.8 Å². The number of nitrogens with one attached hydrogen (secondary N) is 1. The van der Waals surface area contributed by atoms with E-state index >= 15 is 0 Å².